The summed E-state index contributed by atoms with van der Waals surface area (Å²) in [6, 6.07) is 8.30. The SMILES string of the molecule is CC[C@H](O)c1ccccc1N1CCCC(C)(C)C1. The number of benzene rings is 1. The van der Waals surface area contributed by atoms with Gasteiger partial charge in [-0.1, -0.05) is 39.0 Å². The molecule has 1 aliphatic rings. The molecule has 2 heteroatoms. The van der Waals surface area contributed by atoms with Crippen LogP contribution in [0.3, 0.4) is 0 Å². The highest BCUT2D eigenvalue weighted by Crippen LogP contribution is 2.35. The van der Waals surface area contributed by atoms with E-state index in [-0.39, 0.29) is 6.10 Å². The van der Waals surface area contributed by atoms with Crippen molar-refractivity contribution in [2.45, 2.75) is 46.1 Å². The zero-order chi connectivity index (χ0) is 13.2. The van der Waals surface area contributed by atoms with Crippen LogP contribution in [0.4, 0.5) is 5.69 Å². The first-order valence-corrected chi connectivity index (χ1v) is 7.05. The summed E-state index contributed by atoms with van der Waals surface area (Å²) in [4.78, 5) is 2.44. The van der Waals surface area contributed by atoms with Gasteiger partial charge < -0.3 is 10.0 Å². The van der Waals surface area contributed by atoms with Gasteiger partial charge in [0, 0.05) is 24.3 Å². The number of hydrogen-bond acceptors (Lipinski definition) is 2. The van der Waals surface area contributed by atoms with Crippen LogP contribution < -0.4 is 4.90 Å². The molecule has 1 heterocycles. The average molecular weight is 247 g/mol. The van der Waals surface area contributed by atoms with E-state index in [0.717, 1.165) is 25.1 Å². The van der Waals surface area contributed by atoms with Gasteiger partial charge in [-0.3, -0.25) is 0 Å². The van der Waals surface area contributed by atoms with E-state index < -0.39 is 0 Å². The van der Waals surface area contributed by atoms with E-state index in [0.29, 0.717) is 5.41 Å². The average Bonchev–Trinajstić information content (AvgIpc) is 2.36. The van der Waals surface area contributed by atoms with E-state index in [1.54, 1.807) is 0 Å². The summed E-state index contributed by atoms with van der Waals surface area (Å²) in [6.07, 6.45) is 2.96. The van der Waals surface area contributed by atoms with E-state index in [4.69, 9.17) is 0 Å². The molecule has 1 fully saturated rings. The summed E-state index contributed by atoms with van der Waals surface area (Å²) in [5, 5.41) is 10.1. The first-order valence-electron chi connectivity index (χ1n) is 7.05. The van der Waals surface area contributed by atoms with E-state index in [9.17, 15) is 5.11 Å². The number of hydrogen-bond donors (Lipinski definition) is 1. The van der Waals surface area contributed by atoms with Crippen LogP contribution in [0.25, 0.3) is 0 Å². The number of rotatable bonds is 3. The lowest BCUT2D eigenvalue weighted by Gasteiger charge is -2.40. The van der Waals surface area contributed by atoms with E-state index in [2.05, 4.69) is 36.9 Å². The molecule has 0 radical (unpaired) electrons. The summed E-state index contributed by atoms with van der Waals surface area (Å²) in [6.45, 7) is 8.88. The molecule has 100 valence electrons. The molecule has 1 atom stereocenters. The van der Waals surface area contributed by atoms with Crippen LogP contribution >= 0.6 is 0 Å². The highest BCUT2D eigenvalue weighted by molar-refractivity contribution is 5.55. The minimum Gasteiger partial charge on any atom is -0.388 e. The molecule has 0 unspecified atom stereocenters. The molecule has 1 aromatic rings. The Morgan fingerprint density at radius 3 is 2.72 bits per heavy atom. The largest absolute Gasteiger partial charge is 0.388 e. The summed E-state index contributed by atoms with van der Waals surface area (Å²) in [7, 11) is 0. The normalized spacial score (nSPS) is 20.8. The monoisotopic (exact) mass is 247 g/mol. The highest BCUT2D eigenvalue weighted by atomic mass is 16.3. The van der Waals surface area contributed by atoms with Crippen LogP contribution in [0.5, 0.6) is 0 Å². The van der Waals surface area contributed by atoms with Gasteiger partial charge in [0.05, 0.1) is 6.10 Å². The molecule has 0 aromatic heterocycles. The lowest BCUT2D eigenvalue weighted by molar-refractivity contribution is 0.173. The van der Waals surface area contributed by atoms with Crippen molar-refractivity contribution in [3.8, 4) is 0 Å². The molecule has 1 saturated heterocycles. The van der Waals surface area contributed by atoms with Crippen LogP contribution in [0.1, 0.15) is 51.7 Å². The Labute approximate surface area is 111 Å². The van der Waals surface area contributed by atoms with Gasteiger partial charge >= 0.3 is 0 Å². The lowest BCUT2D eigenvalue weighted by Crippen LogP contribution is -2.40. The molecule has 0 saturated carbocycles. The van der Waals surface area contributed by atoms with Crippen molar-refractivity contribution in [1.82, 2.24) is 0 Å². The van der Waals surface area contributed by atoms with Crippen LogP contribution in [0.2, 0.25) is 0 Å². The minimum absolute atomic E-state index is 0.341. The number of anilines is 1. The first kappa shape index (κ1) is 13.4. The number of aliphatic hydroxyl groups is 1. The number of piperidine rings is 1. The van der Waals surface area contributed by atoms with E-state index in [1.807, 2.05) is 13.0 Å². The van der Waals surface area contributed by atoms with Crippen molar-refractivity contribution < 1.29 is 5.11 Å². The number of para-hydroxylation sites is 1. The second kappa shape index (κ2) is 5.31. The standard InChI is InChI=1S/C16H25NO/c1-4-15(18)13-8-5-6-9-14(13)17-11-7-10-16(2,3)12-17/h5-6,8-9,15,18H,4,7,10-12H2,1-3H3/t15-/m0/s1. The molecular weight excluding hydrogens is 222 g/mol. The topological polar surface area (TPSA) is 23.5 Å². The van der Waals surface area contributed by atoms with E-state index >= 15 is 0 Å². The Bertz CT molecular complexity index is 400. The van der Waals surface area contributed by atoms with Gasteiger partial charge in [0.15, 0.2) is 0 Å². The third-order valence-electron chi connectivity index (χ3n) is 3.92. The third-order valence-corrected chi connectivity index (χ3v) is 3.92. The van der Waals surface area contributed by atoms with Crippen molar-refractivity contribution in [2.24, 2.45) is 5.41 Å². The Kier molecular flexibility index (Phi) is 3.96. The molecule has 0 spiro atoms. The van der Waals surface area contributed by atoms with Crippen LogP contribution in [-0.2, 0) is 0 Å². The second-order valence-electron chi connectivity index (χ2n) is 6.17. The number of nitrogens with zero attached hydrogens (tertiary/aromatic N) is 1. The molecule has 2 rings (SSSR count). The predicted molar refractivity (Wildman–Crippen MR) is 76.9 cm³/mol. The summed E-state index contributed by atoms with van der Waals surface area (Å²) >= 11 is 0. The highest BCUT2D eigenvalue weighted by Gasteiger charge is 2.28. The molecule has 1 aromatic carbocycles. The van der Waals surface area contributed by atoms with E-state index in [1.165, 1.54) is 18.5 Å². The van der Waals surface area contributed by atoms with Gasteiger partial charge in [0.25, 0.3) is 0 Å². The maximum atomic E-state index is 10.1. The summed E-state index contributed by atoms with van der Waals surface area (Å²) < 4.78 is 0. The predicted octanol–water partition coefficient (Wildman–Crippen LogP) is 3.76. The maximum absolute atomic E-state index is 10.1. The van der Waals surface area contributed by atoms with Gasteiger partial charge in [0.1, 0.15) is 0 Å². The van der Waals surface area contributed by atoms with Gasteiger partial charge in [-0.15, -0.1) is 0 Å². The zero-order valence-corrected chi connectivity index (χ0v) is 11.8. The zero-order valence-electron chi connectivity index (χ0n) is 11.8. The molecule has 0 amide bonds. The van der Waals surface area contributed by atoms with Gasteiger partial charge in [-0.25, -0.2) is 0 Å². The molecule has 1 aliphatic heterocycles. The van der Waals surface area contributed by atoms with Crippen LogP contribution in [0.15, 0.2) is 24.3 Å². The molecule has 1 N–H and O–H groups in total. The fourth-order valence-electron chi connectivity index (χ4n) is 2.91. The fraction of sp³-hybridized carbons (Fsp3) is 0.625. The Morgan fingerprint density at radius 1 is 1.33 bits per heavy atom. The van der Waals surface area contributed by atoms with Crippen molar-refractivity contribution in [3.05, 3.63) is 29.8 Å². The van der Waals surface area contributed by atoms with Crippen molar-refractivity contribution in [3.63, 3.8) is 0 Å². The van der Waals surface area contributed by atoms with Gasteiger partial charge in [0.2, 0.25) is 0 Å². The van der Waals surface area contributed by atoms with Gasteiger partial charge in [-0.05, 0) is 30.7 Å². The quantitative estimate of drug-likeness (QED) is 0.879. The molecule has 0 bridgehead atoms. The Balaban J connectivity index is 2.27. The Hall–Kier alpha value is -1.02. The lowest BCUT2D eigenvalue weighted by atomic mass is 9.83. The molecule has 0 aliphatic carbocycles. The fourth-order valence-corrected chi connectivity index (χ4v) is 2.91. The van der Waals surface area contributed by atoms with Crippen LogP contribution in [0, 0.1) is 5.41 Å². The summed E-state index contributed by atoms with van der Waals surface area (Å²) in [5.74, 6) is 0. The molecule has 2 nitrogen and oxygen atoms in total. The second-order valence-corrected chi connectivity index (χ2v) is 6.17. The summed E-state index contributed by atoms with van der Waals surface area (Å²) in [5.41, 5.74) is 2.68. The van der Waals surface area contributed by atoms with Crippen molar-refractivity contribution >= 4 is 5.69 Å². The van der Waals surface area contributed by atoms with Crippen LogP contribution in [-0.4, -0.2) is 18.2 Å². The minimum atomic E-state index is -0.341. The third kappa shape index (κ3) is 2.86. The van der Waals surface area contributed by atoms with Crippen molar-refractivity contribution in [1.29, 1.82) is 0 Å². The maximum Gasteiger partial charge on any atom is 0.0807 e. The first-order chi connectivity index (χ1) is 8.53. The smallest absolute Gasteiger partial charge is 0.0807 e. The molecular formula is C16H25NO. The van der Waals surface area contributed by atoms with Crippen molar-refractivity contribution in [2.75, 3.05) is 18.0 Å². The number of aliphatic hydroxyl groups excluding tert-OH is 1. The molecule has 18 heavy (non-hydrogen) atoms. The van der Waals surface area contributed by atoms with Gasteiger partial charge in [-0.2, -0.15) is 0 Å². The Morgan fingerprint density at radius 2 is 2.06 bits per heavy atom.